The molecule has 18 heavy (non-hydrogen) atoms. The van der Waals surface area contributed by atoms with Crippen molar-refractivity contribution in [3.8, 4) is 0 Å². The van der Waals surface area contributed by atoms with Crippen LogP contribution in [0.5, 0.6) is 0 Å². The van der Waals surface area contributed by atoms with Crippen LogP contribution in [0.1, 0.15) is 22.8 Å². The third-order valence-corrected chi connectivity index (χ3v) is 4.29. The van der Waals surface area contributed by atoms with Crippen molar-refractivity contribution in [3.05, 3.63) is 25.8 Å². The molecule has 0 aliphatic heterocycles. The first-order valence-electron chi connectivity index (χ1n) is 5.45. The minimum absolute atomic E-state index is 0.333. The van der Waals surface area contributed by atoms with Crippen LogP contribution in [0.25, 0.3) is 0 Å². The largest absolute Gasteiger partial charge is 0.465 e. The summed E-state index contributed by atoms with van der Waals surface area (Å²) in [5.74, 6) is -0.462. The number of carbonyl (C=O) groups excluding carboxylic acids is 1. The predicted octanol–water partition coefficient (Wildman–Crippen LogP) is 2.89. The molecular weight excluding hydrogens is 368 g/mol. The average molecular weight is 384 g/mol. The molecule has 0 heterocycles. The summed E-state index contributed by atoms with van der Waals surface area (Å²) in [5, 5.41) is 0.333. The zero-order chi connectivity index (χ0) is 13.7. The van der Waals surface area contributed by atoms with Crippen LogP contribution in [-0.4, -0.2) is 26.3 Å². The van der Waals surface area contributed by atoms with E-state index in [0.29, 0.717) is 39.5 Å². The molecule has 0 radical (unpaired) electrons. The summed E-state index contributed by atoms with van der Waals surface area (Å²) < 4.78 is 10.6. The Balaban J connectivity index is 3.11. The second kappa shape index (κ2) is 7.16. The number of benzene rings is 1. The smallest absolute Gasteiger partial charge is 0.339 e. The lowest BCUT2D eigenvalue weighted by Gasteiger charge is -2.12. The van der Waals surface area contributed by atoms with Crippen LogP contribution in [0, 0.1) is 3.57 Å². The van der Waals surface area contributed by atoms with Crippen molar-refractivity contribution in [2.75, 3.05) is 26.1 Å². The summed E-state index contributed by atoms with van der Waals surface area (Å²) in [6.07, 6.45) is 0.636. The Hall–Kier alpha value is -0.530. The Morgan fingerprint density at radius 3 is 2.78 bits per heavy atom. The maximum atomic E-state index is 11.6. The molecule has 0 saturated carbocycles. The van der Waals surface area contributed by atoms with E-state index in [2.05, 4.69) is 0 Å². The molecule has 0 fully saturated rings. The van der Waals surface area contributed by atoms with Crippen LogP contribution in [0.4, 0.5) is 5.69 Å². The van der Waals surface area contributed by atoms with Crippen molar-refractivity contribution in [2.45, 2.75) is 13.3 Å². The van der Waals surface area contributed by atoms with E-state index in [1.54, 1.807) is 6.07 Å². The molecule has 0 spiro atoms. The third kappa shape index (κ3) is 3.49. The van der Waals surface area contributed by atoms with E-state index in [9.17, 15) is 4.79 Å². The molecule has 0 amide bonds. The van der Waals surface area contributed by atoms with Gasteiger partial charge in [0.2, 0.25) is 0 Å². The number of anilines is 1. The quantitative estimate of drug-likeness (QED) is 0.368. The molecule has 0 aliphatic rings. The molecule has 0 saturated heterocycles. The Bertz CT molecular complexity index is 451. The number of hydrogen-bond acceptors (Lipinski definition) is 4. The molecule has 100 valence electrons. The number of halogens is 2. The molecule has 1 aromatic carbocycles. The van der Waals surface area contributed by atoms with Crippen LogP contribution in [0.3, 0.4) is 0 Å². The van der Waals surface area contributed by atoms with Gasteiger partial charge < -0.3 is 15.2 Å². The van der Waals surface area contributed by atoms with Gasteiger partial charge in [-0.05, 0) is 47.6 Å². The molecule has 2 N–H and O–H groups in total. The normalized spacial score (nSPS) is 10.4. The van der Waals surface area contributed by atoms with Gasteiger partial charge in [-0.1, -0.05) is 11.6 Å². The Labute approximate surface area is 125 Å². The van der Waals surface area contributed by atoms with Gasteiger partial charge in [0.15, 0.2) is 0 Å². The predicted molar refractivity (Wildman–Crippen MR) is 80.1 cm³/mol. The van der Waals surface area contributed by atoms with Crippen LogP contribution >= 0.6 is 34.2 Å². The number of hydrogen-bond donors (Lipinski definition) is 1. The first-order chi connectivity index (χ1) is 8.52. The first-order valence-corrected chi connectivity index (χ1v) is 6.91. The van der Waals surface area contributed by atoms with Crippen LogP contribution in [0.2, 0.25) is 5.02 Å². The van der Waals surface area contributed by atoms with Gasteiger partial charge in [-0.25, -0.2) is 4.79 Å². The fourth-order valence-electron chi connectivity index (χ4n) is 1.48. The summed E-state index contributed by atoms with van der Waals surface area (Å²) >= 11 is 8.11. The molecule has 1 rings (SSSR count). The highest BCUT2D eigenvalue weighted by Crippen LogP contribution is 2.32. The highest BCUT2D eigenvalue weighted by atomic mass is 127. The minimum atomic E-state index is -0.462. The van der Waals surface area contributed by atoms with Gasteiger partial charge in [-0.2, -0.15) is 0 Å². The number of nitrogen functional groups attached to an aromatic ring is 1. The van der Waals surface area contributed by atoms with Crippen molar-refractivity contribution < 1.29 is 14.3 Å². The van der Waals surface area contributed by atoms with Crippen molar-refractivity contribution in [3.63, 3.8) is 0 Å². The van der Waals surface area contributed by atoms with Crippen molar-refractivity contribution in [1.82, 2.24) is 0 Å². The van der Waals surface area contributed by atoms with Gasteiger partial charge >= 0.3 is 5.97 Å². The van der Waals surface area contributed by atoms with Crippen LogP contribution in [-0.2, 0) is 15.9 Å². The fraction of sp³-hybridized carbons (Fsp3) is 0.417. The first kappa shape index (κ1) is 15.5. The molecule has 4 nitrogen and oxygen atoms in total. The monoisotopic (exact) mass is 383 g/mol. The Kier molecular flexibility index (Phi) is 6.17. The SMILES string of the molecule is CCOCCc1cc(C(=O)OC)c(Cl)c(I)c1N. The van der Waals surface area contributed by atoms with Gasteiger partial charge in [0.05, 0.1) is 27.9 Å². The lowest BCUT2D eigenvalue weighted by Crippen LogP contribution is -2.09. The summed E-state index contributed by atoms with van der Waals surface area (Å²) in [6.45, 7) is 3.13. The van der Waals surface area contributed by atoms with E-state index in [4.69, 9.17) is 26.8 Å². The van der Waals surface area contributed by atoms with Crippen molar-refractivity contribution in [1.29, 1.82) is 0 Å². The molecule has 6 heteroatoms. The molecule has 0 unspecified atom stereocenters. The minimum Gasteiger partial charge on any atom is -0.465 e. The second-order valence-corrected chi connectivity index (χ2v) is 5.02. The summed E-state index contributed by atoms with van der Waals surface area (Å²) in [4.78, 5) is 11.6. The number of esters is 1. The second-order valence-electron chi connectivity index (χ2n) is 3.56. The lowest BCUT2D eigenvalue weighted by atomic mass is 10.1. The van der Waals surface area contributed by atoms with E-state index in [1.807, 2.05) is 29.5 Å². The van der Waals surface area contributed by atoms with E-state index in [0.717, 1.165) is 5.56 Å². The number of rotatable bonds is 5. The zero-order valence-corrected chi connectivity index (χ0v) is 13.2. The molecule has 0 atom stereocenters. The summed E-state index contributed by atoms with van der Waals surface area (Å²) in [7, 11) is 1.32. The van der Waals surface area contributed by atoms with Crippen LogP contribution < -0.4 is 5.73 Å². The molecule has 0 bridgehead atoms. The molecule has 0 aromatic heterocycles. The van der Waals surface area contributed by atoms with Crippen LogP contribution in [0.15, 0.2) is 6.07 Å². The standard InChI is InChI=1S/C12H15ClINO3/c1-3-18-5-4-7-6-8(12(16)17-2)9(13)10(14)11(7)15/h6H,3-5,15H2,1-2H3. The Morgan fingerprint density at radius 1 is 1.56 bits per heavy atom. The number of carbonyl (C=O) groups is 1. The number of ether oxygens (including phenoxy) is 2. The maximum absolute atomic E-state index is 11.6. The maximum Gasteiger partial charge on any atom is 0.339 e. The molecular formula is C12H15ClINO3. The fourth-order valence-corrected chi connectivity index (χ4v) is 2.36. The zero-order valence-electron chi connectivity index (χ0n) is 10.3. The van der Waals surface area contributed by atoms with E-state index >= 15 is 0 Å². The van der Waals surface area contributed by atoms with Gasteiger partial charge in [0.25, 0.3) is 0 Å². The number of methoxy groups -OCH3 is 1. The lowest BCUT2D eigenvalue weighted by molar-refractivity contribution is 0.0600. The highest BCUT2D eigenvalue weighted by molar-refractivity contribution is 14.1. The number of nitrogens with two attached hydrogens (primary N) is 1. The van der Waals surface area contributed by atoms with E-state index < -0.39 is 5.97 Å². The highest BCUT2D eigenvalue weighted by Gasteiger charge is 2.18. The summed E-state index contributed by atoms with van der Waals surface area (Å²) in [6, 6.07) is 1.67. The van der Waals surface area contributed by atoms with Gasteiger partial charge in [0.1, 0.15) is 0 Å². The molecule has 0 aliphatic carbocycles. The van der Waals surface area contributed by atoms with Crippen molar-refractivity contribution in [2.24, 2.45) is 0 Å². The van der Waals surface area contributed by atoms with Gasteiger partial charge in [0, 0.05) is 12.3 Å². The average Bonchev–Trinajstić information content (AvgIpc) is 2.38. The van der Waals surface area contributed by atoms with Gasteiger partial charge in [-0.3, -0.25) is 0 Å². The molecule has 1 aromatic rings. The summed E-state index contributed by atoms with van der Waals surface area (Å²) in [5.41, 5.74) is 7.75. The third-order valence-electron chi connectivity index (χ3n) is 2.46. The van der Waals surface area contributed by atoms with Crippen molar-refractivity contribution >= 4 is 45.8 Å². The topological polar surface area (TPSA) is 61.5 Å². The van der Waals surface area contributed by atoms with E-state index in [-0.39, 0.29) is 0 Å². The van der Waals surface area contributed by atoms with Gasteiger partial charge in [-0.15, -0.1) is 0 Å². The van der Waals surface area contributed by atoms with E-state index in [1.165, 1.54) is 7.11 Å². The Morgan fingerprint density at radius 2 is 2.22 bits per heavy atom.